The second kappa shape index (κ2) is 10.7. The lowest BCUT2D eigenvalue weighted by molar-refractivity contribution is -0.122. The summed E-state index contributed by atoms with van der Waals surface area (Å²) in [7, 11) is 0. The van der Waals surface area contributed by atoms with Crippen LogP contribution in [-0.4, -0.2) is 60.3 Å². The van der Waals surface area contributed by atoms with Crippen LogP contribution in [0.3, 0.4) is 0 Å². The van der Waals surface area contributed by atoms with Gasteiger partial charge in [-0.3, -0.25) is 33.8 Å². The fraction of sp³-hybridized carbons (Fsp3) is 0.0714. The number of carbonyl (C=O) groups is 5. The second-order valence-corrected chi connectivity index (χ2v) is 9.42. The number of amides is 4. The molecule has 16 nitrogen and oxygen atoms in total. The topological polar surface area (TPSA) is 241 Å². The number of carbonyl (C=O) groups excluding carboxylic acids is 5. The van der Waals surface area contributed by atoms with E-state index in [1.54, 1.807) is 0 Å². The van der Waals surface area contributed by atoms with Crippen molar-refractivity contribution in [3.8, 4) is 11.6 Å². The summed E-state index contributed by atoms with van der Waals surface area (Å²) in [5, 5.41) is 37.2. The van der Waals surface area contributed by atoms with Gasteiger partial charge in [-0.25, -0.2) is 14.3 Å². The number of ketones is 1. The molecule has 44 heavy (non-hydrogen) atoms. The third-order valence-corrected chi connectivity index (χ3v) is 6.40. The lowest BCUT2D eigenvalue weighted by atomic mass is 9.80. The molecule has 0 atom stereocenters. The lowest BCUT2D eigenvalue weighted by Crippen LogP contribution is -2.45. The summed E-state index contributed by atoms with van der Waals surface area (Å²) in [6.07, 6.45) is 0. The van der Waals surface area contributed by atoms with Crippen molar-refractivity contribution in [3.05, 3.63) is 91.8 Å². The van der Waals surface area contributed by atoms with Crippen molar-refractivity contribution < 1.29 is 39.3 Å². The molecule has 1 aliphatic heterocycles. The number of aliphatic hydroxyl groups is 2. The van der Waals surface area contributed by atoms with Gasteiger partial charge >= 0.3 is 11.7 Å². The average Bonchev–Trinajstić information content (AvgIpc) is 2.92. The maximum Gasteiger partial charge on any atom is 0.335 e. The molecular formula is C28H20N6O10. The SMILES string of the molecule is CC(=O)Nc1cccc(N2C(=O)/C(=C3\C(=O)C(c4c(O)n(-c5cccc(NC(C)=O)c5)c(=O)[nH]c4=O)=C3O)C(=O)N=C2O)c1. The zero-order valence-corrected chi connectivity index (χ0v) is 22.7. The quantitative estimate of drug-likeness (QED) is 0.178. The van der Waals surface area contributed by atoms with Crippen LogP contribution in [0.5, 0.6) is 5.88 Å². The number of amidine groups is 1. The van der Waals surface area contributed by atoms with Gasteiger partial charge in [0.2, 0.25) is 23.5 Å². The highest BCUT2D eigenvalue weighted by atomic mass is 16.3. The van der Waals surface area contributed by atoms with Gasteiger partial charge in [-0.1, -0.05) is 12.1 Å². The number of Topliss-reactive ketones (excluding diaryl/α,β-unsaturated/α-hetero) is 1. The number of anilines is 3. The molecule has 2 aromatic carbocycles. The first-order valence-corrected chi connectivity index (χ1v) is 12.5. The Morgan fingerprint density at radius 2 is 1.36 bits per heavy atom. The van der Waals surface area contributed by atoms with Gasteiger partial charge in [0, 0.05) is 25.2 Å². The number of aromatic amines is 1. The maximum absolute atomic E-state index is 13.4. The molecule has 2 aliphatic rings. The van der Waals surface area contributed by atoms with Crippen LogP contribution in [-0.2, 0) is 24.0 Å². The number of H-pyrrole nitrogens is 1. The molecular weight excluding hydrogens is 580 g/mol. The van der Waals surface area contributed by atoms with E-state index >= 15 is 0 Å². The van der Waals surface area contributed by atoms with E-state index in [9.17, 15) is 48.9 Å². The van der Waals surface area contributed by atoms with E-state index in [2.05, 4.69) is 15.6 Å². The summed E-state index contributed by atoms with van der Waals surface area (Å²) in [4.78, 5) is 93.6. The maximum atomic E-state index is 13.4. The number of hydrogen-bond acceptors (Lipinski definition) is 9. The van der Waals surface area contributed by atoms with Gasteiger partial charge in [-0.2, -0.15) is 4.99 Å². The van der Waals surface area contributed by atoms with Crippen molar-refractivity contribution in [2.45, 2.75) is 13.8 Å². The fourth-order valence-electron chi connectivity index (χ4n) is 4.65. The molecule has 4 amide bonds. The van der Waals surface area contributed by atoms with Gasteiger partial charge < -0.3 is 26.0 Å². The number of aromatic nitrogens is 2. The molecule has 6 N–H and O–H groups in total. The van der Waals surface area contributed by atoms with Gasteiger partial charge in [0.1, 0.15) is 16.9 Å². The number of hydrogen-bond donors (Lipinski definition) is 6. The number of allylic oxidation sites excluding steroid dienone is 2. The van der Waals surface area contributed by atoms with E-state index in [1.807, 2.05) is 4.98 Å². The number of aliphatic hydroxyl groups excluding tert-OH is 2. The van der Waals surface area contributed by atoms with Crippen LogP contribution < -0.4 is 26.8 Å². The molecule has 2 heterocycles. The first kappa shape index (κ1) is 28.9. The van der Waals surface area contributed by atoms with E-state index in [0.29, 0.717) is 9.47 Å². The third-order valence-electron chi connectivity index (χ3n) is 6.40. The number of rotatable bonds is 5. The fourth-order valence-corrected chi connectivity index (χ4v) is 4.65. The van der Waals surface area contributed by atoms with Crippen molar-refractivity contribution in [2.75, 3.05) is 15.5 Å². The van der Waals surface area contributed by atoms with Gasteiger partial charge in [-0.05, 0) is 36.4 Å². The highest BCUT2D eigenvalue weighted by molar-refractivity contribution is 6.46. The monoisotopic (exact) mass is 600 g/mol. The Morgan fingerprint density at radius 3 is 1.93 bits per heavy atom. The van der Waals surface area contributed by atoms with Crippen LogP contribution in [0.15, 0.2) is 80.0 Å². The van der Waals surface area contributed by atoms with Crippen LogP contribution >= 0.6 is 0 Å². The van der Waals surface area contributed by atoms with Crippen molar-refractivity contribution in [1.29, 1.82) is 0 Å². The van der Waals surface area contributed by atoms with E-state index in [-0.39, 0.29) is 22.7 Å². The minimum atomic E-state index is -1.38. The van der Waals surface area contributed by atoms with Crippen LogP contribution in [0.1, 0.15) is 19.4 Å². The Morgan fingerprint density at radius 1 is 0.795 bits per heavy atom. The Kier molecular flexibility index (Phi) is 7.02. The predicted molar refractivity (Wildman–Crippen MR) is 154 cm³/mol. The number of aromatic hydroxyl groups is 1. The summed E-state index contributed by atoms with van der Waals surface area (Å²) >= 11 is 0. The van der Waals surface area contributed by atoms with E-state index in [4.69, 9.17) is 0 Å². The van der Waals surface area contributed by atoms with Crippen molar-refractivity contribution in [2.24, 2.45) is 4.99 Å². The molecule has 3 aromatic rings. The lowest BCUT2D eigenvalue weighted by Gasteiger charge is -2.28. The molecule has 0 radical (unpaired) electrons. The molecule has 16 heteroatoms. The third kappa shape index (κ3) is 4.81. The van der Waals surface area contributed by atoms with Crippen LogP contribution in [0.4, 0.5) is 17.1 Å². The second-order valence-electron chi connectivity index (χ2n) is 9.42. The van der Waals surface area contributed by atoms with E-state index < -0.39 is 80.6 Å². The number of nitrogens with zero attached hydrogens (tertiary/aromatic N) is 3. The minimum absolute atomic E-state index is 0.0405. The molecule has 0 fully saturated rings. The largest absolute Gasteiger partial charge is 0.506 e. The summed E-state index contributed by atoms with van der Waals surface area (Å²) in [5.74, 6) is -6.83. The number of benzene rings is 2. The summed E-state index contributed by atoms with van der Waals surface area (Å²) in [5.41, 5.74) is -5.50. The molecule has 0 saturated carbocycles. The van der Waals surface area contributed by atoms with Gasteiger partial charge in [0.15, 0.2) is 0 Å². The van der Waals surface area contributed by atoms with Crippen molar-refractivity contribution in [1.82, 2.24) is 9.55 Å². The molecule has 1 aliphatic carbocycles. The molecule has 0 spiro atoms. The Hall–Kier alpha value is -6.58. The van der Waals surface area contributed by atoms with Gasteiger partial charge in [-0.15, -0.1) is 0 Å². The van der Waals surface area contributed by atoms with Crippen LogP contribution in [0.25, 0.3) is 11.3 Å². The number of aliphatic imine (C=N–C) groups is 1. The predicted octanol–water partition coefficient (Wildman–Crippen LogP) is 0.784. The summed E-state index contributed by atoms with van der Waals surface area (Å²) < 4.78 is 0.601. The minimum Gasteiger partial charge on any atom is -0.506 e. The van der Waals surface area contributed by atoms with Gasteiger partial charge in [0.25, 0.3) is 17.4 Å². The molecule has 5 rings (SSSR count). The molecule has 1 aromatic heterocycles. The average molecular weight is 601 g/mol. The van der Waals surface area contributed by atoms with Gasteiger partial charge in [0.05, 0.1) is 22.5 Å². The zero-order chi connectivity index (χ0) is 32.0. The highest BCUT2D eigenvalue weighted by Gasteiger charge is 2.47. The number of nitrogens with one attached hydrogen (secondary N) is 3. The Labute approximate surface area is 244 Å². The normalized spacial score (nSPS) is 16.5. The Bertz CT molecular complexity index is 2070. The van der Waals surface area contributed by atoms with Crippen LogP contribution in [0.2, 0.25) is 0 Å². The standard InChI is InChI=1S/C28H20N6O10/c1-11(35)29-13-5-3-7-15(9-13)33-25(41)19(23(39)31-27(33)43)17-21(37)18(22(17)38)20-24(40)32-28(44)34(26(20)42)16-8-4-6-14(10-16)30-12(2)36/h3-10,37,41H,1-2H3,(H,29,35)(H,30,36)(H,31,39,43)(H,32,40,44)/b20-18-. The molecule has 0 unspecified atom stereocenters. The highest BCUT2D eigenvalue weighted by Crippen LogP contribution is 2.41. The van der Waals surface area contributed by atoms with Crippen molar-refractivity contribution in [3.63, 3.8) is 0 Å². The van der Waals surface area contributed by atoms with E-state index in [1.165, 1.54) is 62.4 Å². The van der Waals surface area contributed by atoms with Crippen LogP contribution in [0, 0.1) is 0 Å². The molecule has 222 valence electrons. The van der Waals surface area contributed by atoms with E-state index in [0.717, 1.165) is 0 Å². The zero-order valence-electron chi connectivity index (χ0n) is 22.7. The summed E-state index contributed by atoms with van der Waals surface area (Å²) in [6.45, 7) is 2.49. The molecule has 0 saturated heterocycles. The molecule has 0 bridgehead atoms. The van der Waals surface area contributed by atoms with Crippen molar-refractivity contribution >= 4 is 58.1 Å². The smallest absolute Gasteiger partial charge is 0.335 e. The summed E-state index contributed by atoms with van der Waals surface area (Å²) in [6, 6.07) is 10.00. The first-order valence-electron chi connectivity index (χ1n) is 12.5. The Balaban J connectivity index is 1.63. The first-order chi connectivity index (χ1) is 20.8.